The Hall–Kier alpha value is -3.94. The summed E-state index contributed by atoms with van der Waals surface area (Å²) in [7, 11) is 3.64. The van der Waals surface area contributed by atoms with Crippen molar-refractivity contribution in [3.05, 3.63) is 89.1 Å². The Morgan fingerprint density at radius 3 is 2.56 bits per heavy atom. The average Bonchev–Trinajstić information content (AvgIpc) is 3.44. The minimum Gasteiger partial charge on any atom is -0.351 e. The largest absolute Gasteiger partial charge is 0.351 e. The molecule has 3 heterocycles. The van der Waals surface area contributed by atoms with Gasteiger partial charge >= 0.3 is 0 Å². The van der Waals surface area contributed by atoms with E-state index in [0.717, 1.165) is 17.0 Å². The van der Waals surface area contributed by atoms with Gasteiger partial charge in [-0.25, -0.2) is 9.50 Å². The van der Waals surface area contributed by atoms with E-state index in [-0.39, 0.29) is 17.9 Å². The molecule has 0 bridgehead atoms. The van der Waals surface area contributed by atoms with E-state index in [4.69, 9.17) is 0 Å². The molecule has 0 unspecified atom stereocenters. The first-order valence-electron chi connectivity index (χ1n) is 11.4. The van der Waals surface area contributed by atoms with Gasteiger partial charge in [0.15, 0.2) is 11.3 Å². The van der Waals surface area contributed by atoms with Crippen LogP contribution in [0.25, 0.3) is 5.65 Å². The van der Waals surface area contributed by atoms with E-state index in [9.17, 15) is 9.59 Å². The molecule has 1 aromatic carbocycles. The summed E-state index contributed by atoms with van der Waals surface area (Å²) in [4.78, 5) is 32.1. The van der Waals surface area contributed by atoms with E-state index in [1.165, 1.54) is 0 Å². The zero-order chi connectivity index (χ0) is 24.2. The number of likely N-dealkylation sites (N-methyl/N-ethyl adjacent to an activating group) is 1. The molecule has 4 aromatic rings. The summed E-state index contributed by atoms with van der Waals surface area (Å²) in [6.07, 6.45) is 3.12. The van der Waals surface area contributed by atoms with Gasteiger partial charge in [-0.1, -0.05) is 30.3 Å². The lowest BCUT2D eigenvalue weighted by atomic mass is 10.0. The standard InChI is InChI=1S/C26H30N6O2/c1-18-15-19(2)32-24(28-18)17-22(29-32)26(34)31(4)21(16-20-9-6-5-7-10-20)12-13-27-25(33)23-11-8-14-30(23)3/h5-11,14-15,17,21H,12-13,16H2,1-4H3,(H,27,33)/t21-/m1/s1. The SMILES string of the molecule is Cc1cc(C)n2nc(C(=O)N(C)[C@H](CCNC(=O)c3cccn3C)Cc3ccccc3)cc2n1. The second kappa shape index (κ2) is 9.91. The lowest BCUT2D eigenvalue weighted by Gasteiger charge is -2.28. The summed E-state index contributed by atoms with van der Waals surface area (Å²) < 4.78 is 3.48. The molecule has 0 aliphatic rings. The molecular weight excluding hydrogens is 428 g/mol. The van der Waals surface area contributed by atoms with Crippen LogP contribution in [0.1, 0.15) is 44.3 Å². The van der Waals surface area contributed by atoms with Crippen LogP contribution in [0.3, 0.4) is 0 Å². The van der Waals surface area contributed by atoms with Crippen molar-refractivity contribution in [3.8, 4) is 0 Å². The Kier molecular flexibility index (Phi) is 6.77. The molecule has 0 spiro atoms. The number of hydrogen-bond donors (Lipinski definition) is 1. The summed E-state index contributed by atoms with van der Waals surface area (Å²) in [5.41, 5.74) is 4.55. The monoisotopic (exact) mass is 458 g/mol. The number of nitrogens with one attached hydrogen (secondary N) is 1. The molecule has 1 N–H and O–H groups in total. The van der Waals surface area contributed by atoms with Crippen LogP contribution in [0, 0.1) is 13.8 Å². The van der Waals surface area contributed by atoms with Gasteiger partial charge in [0, 0.05) is 50.3 Å². The molecule has 0 aliphatic heterocycles. The highest BCUT2D eigenvalue weighted by Crippen LogP contribution is 2.16. The first kappa shape index (κ1) is 23.2. The van der Waals surface area contributed by atoms with Crippen LogP contribution in [0.4, 0.5) is 0 Å². The Balaban J connectivity index is 1.51. The second-order valence-electron chi connectivity index (χ2n) is 8.65. The van der Waals surface area contributed by atoms with Crippen molar-refractivity contribution in [2.45, 2.75) is 32.7 Å². The minimum atomic E-state index is -0.169. The van der Waals surface area contributed by atoms with Crippen LogP contribution in [-0.4, -0.2) is 55.5 Å². The van der Waals surface area contributed by atoms with Crippen molar-refractivity contribution in [1.29, 1.82) is 0 Å². The number of carbonyl (C=O) groups excluding carboxylic acids is 2. The third kappa shape index (κ3) is 5.01. The number of carbonyl (C=O) groups is 2. The fourth-order valence-corrected chi connectivity index (χ4v) is 4.20. The van der Waals surface area contributed by atoms with Crippen molar-refractivity contribution in [2.75, 3.05) is 13.6 Å². The predicted molar refractivity (Wildman–Crippen MR) is 131 cm³/mol. The average molecular weight is 459 g/mol. The number of hydrogen-bond acceptors (Lipinski definition) is 4. The van der Waals surface area contributed by atoms with Crippen molar-refractivity contribution >= 4 is 17.5 Å². The van der Waals surface area contributed by atoms with Crippen LogP contribution in [0.5, 0.6) is 0 Å². The zero-order valence-electron chi connectivity index (χ0n) is 20.0. The molecule has 8 nitrogen and oxygen atoms in total. The maximum atomic E-state index is 13.4. The quantitative estimate of drug-likeness (QED) is 0.440. The molecule has 0 saturated carbocycles. The second-order valence-corrected chi connectivity index (χ2v) is 8.65. The van der Waals surface area contributed by atoms with E-state index >= 15 is 0 Å². The highest BCUT2D eigenvalue weighted by Gasteiger charge is 2.24. The molecule has 176 valence electrons. The minimum absolute atomic E-state index is 0.121. The van der Waals surface area contributed by atoms with Gasteiger partial charge in [-0.05, 0) is 50.5 Å². The van der Waals surface area contributed by atoms with Gasteiger partial charge in [0.1, 0.15) is 5.69 Å². The number of nitrogens with zero attached hydrogens (tertiary/aromatic N) is 5. The van der Waals surface area contributed by atoms with Gasteiger partial charge in [-0.3, -0.25) is 9.59 Å². The maximum absolute atomic E-state index is 13.4. The third-order valence-corrected chi connectivity index (χ3v) is 6.07. The molecule has 4 rings (SSSR count). The van der Waals surface area contributed by atoms with Crippen molar-refractivity contribution in [2.24, 2.45) is 7.05 Å². The predicted octanol–water partition coefficient (Wildman–Crippen LogP) is 3.19. The summed E-state index contributed by atoms with van der Waals surface area (Å²) in [5, 5.41) is 7.49. The van der Waals surface area contributed by atoms with E-state index in [1.807, 2.05) is 57.4 Å². The number of fused-ring (bicyclic) bond motifs is 1. The van der Waals surface area contributed by atoms with Gasteiger partial charge in [-0.15, -0.1) is 0 Å². The van der Waals surface area contributed by atoms with Crippen LogP contribution in [0.2, 0.25) is 0 Å². The summed E-state index contributed by atoms with van der Waals surface area (Å²) in [6.45, 7) is 4.32. The molecule has 0 radical (unpaired) electrons. The lowest BCUT2D eigenvalue weighted by molar-refractivity contribution is 0.0716. The van der Waals surface area contributed by atoms with Gasteiger partial charge in [0.2, 0.25) is 0 Å². The van der Waals surface area contributed by atoms with E-state index < -0.39 is 0 Å². The Morgan fingerprint density at radius 2 is 1.85 bits per heavy atom. The Morgan fingerprint density at radius 1 is 1.09 bits per heavy atom. The normalized spacial score (nSPS) is 12.0. The Bertz CT molecular complexity index is 1310. The van der Waals surface area contributed by atoms with Gasteiger partial charge in [0.05, 0.1) is 0 Å². The van der Waals surface area contributed by atoms with Crippen LogP contribution < -0.4 is 5.32 Å². The smallest absolute Gasteiger partial charge is 0.274 e. The highest BCUT2D eigenvalue weighted by molar-refractivity contribution is 5.93. The number of aromatic nitrogens is 4. The fourth-order valence-electron chi connectivity index (χ4n) is 4.20. The van der Waals surface area contributed by atoms with E-state index in [1.54, 1.807) is 33.2 Å². The van der Waals surface area contributed by atoms with Crippen LogP contribution in [0.15, 0.2) is 60.8 Å². The summed E-state index contributed by atoms with van der Waals surface area (Å²) >= 11 is 0. The Labute approximate surface area is 199 Å². The topological polar surface area (TPSA) is 84.5 Å². The number of amides is 2. The van der Waals surface area contributed by atoms with Crippen molar-refractivity contribution in [1.82, 2.24) is 29.4 Å². The number of benzene rings is 1. The van der Waals surface area contributed by atoms with Crippen LogP contribution >= 0.6 is 0 Å². The first-order chi connectivity index (χ1) is 16.3. The fraction of sp³-hybridized carbons (Fsp3) is 0.308. The zero-order valence-corrected chi connectivity index (χ0v) is 20.0. The van der Waals surface area contributed by atoms with Crippen LogP contribution in [-0.2, 0) is 13.5 Å². The van der Waals surface area contributed by atoms with Gasteiger partial charge in [0.25, 0.3) is 11.8 Å². The molecule has 0 fully saturated rings. The molecule has 0 aliphatic carbocycles. The van der Waals surface area contributed by atoms with Crippen molar-refractivity contribution in [3.63, 3.8) is 0 Å². The number of rotatable bonds is 8. The lowest BCUT2D eigenvalue weighted by Crippen LogP contribution is -2.41. The molecular formula is C26H30N6O2. The molecule has 3 aromatic heterocycles. The molecule has 1 atom stereocenters. The van der Waals surface area contributed by atoms with Crippen molar-refractivity contribution < 1.29 is 9.59 Å². The summed E-state index contributed by atoms with van der Waals surface area (Å²) in [5.74, 6) is -0.297. The van der Waals surface area contributed by atoms with Gasteiger partial charge < -0.3 is 14.8 Å². The molecule has 8 heteroatoms. The first-order valence-corrected chi connectivity index (χ1v) is 11.4. The maximum Gasteiger partial charge on any atom is 0.274 e. The third-order valence-electron chi connectivity index (χ3n) is 6.07. The molecule has 2 amide bonds. The van der Waals surface area contributed by atoms with E-state index in [2.05, 4.69) is 27.5 Å². The molecule has 0 saturated heterocycles. The molecule has 34 heavy (non-hydrogen) atoms. The van der Waals surface area contributed by atoms with Gasteiger partial charge in [-0.2, -0.15) is 5.10 Å². The highest BCUT2D eigenvalue weighted by atomic mass is 16.2. The summed E-state index contributed by atoms with van der Waals surface area (Å²) in [6, 6.07) is 17.2. The number of aryl methyl sites for hydroxylation is 3. The van der Waals surface area contributed by atoms with E-state index in [0.29, 0.717) is 36.4 Å².